The van der Waals surface area contributed by atoms with Gasteiger partial charge in [-0.05, 0) is 37.5 Å². The summed E-state index contributed by atoms with van der Waals surface area (Å²) < 4.78 is 48.5. The van der Waals surface area contributed by atoms with Crippen molar-refractivity contribution in [2.75, 3.05) is 5.75 Å². The zero-order valence-corrected chi connectivity index (χ0v) is 17.8. The van der Waals surface area contributed by atoms with Gasteiger partial charge < -0.3 is 0 Å². The SMILES string of the molecule is CCCCCS(=O)(=O)NS(=O)(=O)c1ccccc1.CCc1ccc(C)cc1. The van der Waals surface area contributed by atoms with Gasteiger partial charge in [0.1, 0.15) is 0 Å². The van der Waals surface area contributed by atoms with Crippen LogP contribution < -0.4 is 4.13 Å². The Balaban J connectivity index is 0.000000337. The molecule has 2 rings (SSSR count). The summed E-state index contributed by atoms with van der Waals surface area (Å²) in [6.45, 7) is 6.23. The first-order chi connectivity index (χ1) is 12.7. The van der Waals surface area contributed by atoms with E-state index in [1.165, 1.54) is 35.4 Å². The lowest BCUT2D eigenvalue weighted by Crippen LogP contribution is -2.32. The van der Waals surface area contributed by atoms with Crippen LogP contribution >= 0.6 is 0 Å². The maximum absolute atomic E-state index is 11.8. The van der Waals surface area contributed by atoms with E-state index in [9.17, 15) is 16.8 Å². The van der Waals surface area contributed by atoms with Crippen LogP contribution in [0.2, 0.25) is 0 Å². The van der Waals surface area contributed by atoms with Gasteiger partial charge in [0.2, 0.25) is 10.0 Å². The molecule has 27 heavy (non-hydrogen) atoms. The highest BCUT2D eigenvalue weighted by Gasteiger charge is 2.21. The van der Waals surface area contributed by atoms with Gasteiger partial charge in [0.25, 0.3) is 10.0 Å². The normalized spacial score (nSPS) is 11.5. The van der Waals surface area contributed by atoms with E-state index >= 15 is 0 Å². The van der Waals surface area contributed by atoms with E-state index in [0.717, 1.165) is 19.3 Å². The average molecular weight is 412 g/mol. The van der Waals surface area contributed by atoms with Crippen LogP contribution in [0.1, 0.15) is 44.2 Å². The van der Waals surface area contributed by atoms with Crippen LogP contribution in [0.5, 0.6) is 0 Å². The molecule has 2 aromatic rings. The Bertz CT molecular complexity index is 875. The molecule has 2 aromatic carbocycles. The highest BCUT2D eigenvalue weighted by molar-refractivity contribution is 8.04. The van der Waals surface area contributed by atoms with Gasteiger partial charge in [-0.1, -0.05) is 74.7 Å². The number of aryl methyl sites for hydroxylation is 2. The molecule has 1 N–H and O–H groups in total. The number of hydrogen-bond acceptors (Lipinski definition) is 4. The van der Waals surface area contributed by atoms with Crippen molar-refractivity contribution in [1.29, 1.82) is 0 Å². The third-order valence-corrected chi connectivity index (χ3v) is 7.45. The van der Waals surface area contributed by atoms with Crippen molar-refractivity contribution in [2.45, 2.75) is 51.3 Å². The Morgan fingerprint density at radius 1 is 0.815 bits per heavy atom. The van der Waals surface area contributed by atoms with Crippen LogP contribution in [0.25, 0.3) is 0 Å². The first kappa shape index (κ1) is 23.3. The predicted molar refractivity (Wildman–Crippen MR) is 111 cm³/mol. The minimum atomic E-state index is -3.99. The molecule has 0 radical (unpaired) electrons. The molecule has 0 unspecified atom stereocenters. The van der Waals surface area contributed by atoms with Gasteiger partial charge in [0.15, 0.2) is 0 Å². The summed E-state index contributed by atoms with van der Waals surface area (Å²) in [6, 6.07) is 16.1. The first-order valence-corrected chi connectivity index (χ1v) is 12.2. The Labute approximate surface area is 163 Å². The summed E-state index contributed by atoms with van der Waals surface area (Å²) in [5, 5.41) is 0. The molecular weight excluding hydrogens is 382 g/mol. The van der Waals surface area contributed by atoms with E-state index in [-0.39, 0.29) is 10.6 Å². The fourth-order valence-corrected chi connectivity index (χ4v) is 5.38. The van der Waals surface area contributed by atoms with Gasteiger partial charge in [-0.25, -0.2) is 16.8 Å². The number of benzene rings is 2. The van der Waals surface area contributed by atoms with Crippen molar-refractivity contribution >= 4 is 20.0 Å². The zero-order valence-electron chi connectivity index (χ0n) is 16.2. The Hall–Kier alpha value is -1.70. The number of unbranched alkanes of at least 4 members (excludes halogenated alkanes) is 2. The third kappa shape index (κ3) is 9.17. The molecule has 150 valence electrons. The number of hydrogen-bond donors (Lipinski definition) is 1. The molecule has 0 bridgehead atoms. The standard InChI is InChI=1S/C11H17NO4S2.C9H12/c1-2-3-7-10-17(13,14)12-18(15,16)11-8-5-4-6-9-11;1-3-9-6-4-8(2)5-7-9/h4-6,8-9,12H,2-3,7,10H2,1H3;4-7H,3H2,1-2H3. The van der Waals surface area contributed by atoms with Crippen LogP contribution in [-0.2, 0) is 26.5 Å². The van der Waals surface area contributed by atoms with E-state index in [2.05, 4.69) is 38.1 Å². The number of sulfonamides is 2. The van der Waals surface area contributed by atoms with Crippen LogP contribution in [0.4, 0.5) is 0 Å². The summed E-state index contributed by atoms with van der Waals surface area (Å²) in [5.74, 6) is -0.174. The molecular formula is C20H29NO4S2. The van der Waals surface area contributed by atoms with Crippen LogP contribution in [-0.4, -0.2) is 22.6 Å². The van der Waals surface area contributed by atoms with Gasteiger partial charge in [0, 0.05) is 0 Å². The van der Waals surface area contributed by atoms with Crippen molar-refractivity contribution in [3.05, 3.63) is 65.7 Å². The van der Waals surface area contributed by atoms with Crippen molar-refractivity contribution in [1.82, 2.24) is 4.13 Å². The summed E-state index contributed by atoms with van der Waals surface area (Å²) in [4.78, 5) is -0.0518. The second-order valence-electron chi connectivity index (χ2n) is 6.26. The summed E-state index contributed by atoms with van der Waals surface area (Å²) in [7, 11) is -7.79. The molecule has 7 heteroatoms. The van der Waals surface area contributed by atoms with E-state index in [0.29, 0.717) is 6.42 Å². The predicted octanol–water partition coefficient (Wildman–Crippen LogP) is 4.04. The quantitative estimate of drug-likeness (QED) is 0.665. The third-order valence-electron chi connectivity index (χ3n) is 3.84. The number of nitrogens with one attached hydrogen (secondary N) is 1. The van der Waals surface area contributed by atoms with Gasteiger partial charge in [-0.2, -0.15) is 0 Å². The van der Waals surface area contributed by atoms with Gasteiger partial charge in [-0.3, -0.25) is 0 Å². The molecule has 5 nitrogen and oxygen atoms in total. The maximum Gasteiger partial charge on any atom is 0.253 e. The Morgan fingerprint density at radius 3 is 1.93 bits per heavy atom. The highest BCUT2D eigenvalue weighted by atomic mass is 32.3. The fourth-order valence-electron chi connectivity index (χ4n) is 2.22. The molecule has 0 aliphatic heterocycles. The van der Waals surface area contributed by atoms with Gasteiger partial charge >= 0.3 is 0 Å². The van der Waals surface area contributed by atoms with E-state index in [4.69, 9.17) is 0 Å². The maximum atomic E-state index is 11.8. The minimum Gasteiger partial charge on any atom is -0.211 e. The lowest BCUT2D eigenvalue weighted by atomic mass is 10.1. The average Bonchev–Trinajstić information content (AvgIpc) is 2.63. The smallest absolute Gasteiger partial charge is 0.211 e. The van der Waals surface area contributed by atoms with Crippen molar-refractivity contribution in [2.24, 2.45) is 0 Å². The van der Waals surface area contributed by atoms with Crippen molar-refractivity contribution < 1.29 is 16.8 Å². The van der Waals surface area contributed by atoms with Gasteiger partial charge in [0.05, 0.1) is 10.6 Å². The summed E-state index contributed by atoms with van der Waals surface area (Å²) in [6.07, 6.45) is 3.23. The Kier molecular flexibility index (Phi) is 9.69. The van der Waals surface area contributed by atoms with Crippen LogP contribution in [0, 0.1) is 6.92 Å². The van der Waals surface area contributed by atoms with Crippen LogP contribution in [0.15, 0.2) is 59.5 Å². The lowest BCUT2D eigenvalue weighted by molar-refractivity contribution is 0.574. The lowest BCUT2D eigenvalue weighted by Gasteiger charge is -2.07. The molecule has 0 amide bonds. The van der Waals surface area contributed by atoms with E-state index in [1.54, 1.807) is 10.2 Å². The first-order valence-electron chi connectivity index (χ1n) is 9.07. The second-order valence-corrected chi connectivity index (χ2v) is 10.0. The molecule has 0 saturated carbocycles. The second kappa shape index (κ2) is 11.2. The fraction of sp³-hybridized carbons (Fsp3) is 0.400. The van der Waals surface area contributed by atoms with Gasteiger partial charge in [-0.15, -0.1) is 4.13 Å². The molecule has 0 aliphatic rings. The largest absolute Gasteiger partial charge is 0.253 e. The van der Waals surface area contributed by atoms with Crippen molar-refractivity contribution in [3.8, 4) is 0 Å². The molecule has 0 fully saturated rings. The van der Waals surface area contributed by atoms with Crippen LogP contribution in [0.3, 0.4) is 0 Å². The molecule has 0 aliphatic carbocycles. The molecule has 0 spiro atoms. The minimum absolute atomic E-state index is 0.0518. The Morgan fingerprint density at radius 2 is 1.41 bits per heavy atom. The molecule has 0 aromatic heterocycles. The monoisotopic (exact) mass is 411 g/mol. The van der Waals surface area contributed by atoms with Crippen molar-refractivity contribution in [3.63, 3.8) is 0 Å². The number of rotatable bonds is 8. The zero-order chi connectivity index (χ0) is 20.3. The molecule has 0 heterocycles. The summed E-state index contributed by atoms with van der Waals surface area (Å²) in [5.41, 5.74) is 2.76. The summed E-state index contributed by atoms with van der Waals surface area (Å²) >= 11 is 0. The topological polar surface area (TPSA) is 80.3 Å². The van der Waals surface area contributed by atoms with E-state index < -0.39 is 20.0 Å². The van der Waals surface area contributed by atoms with E-state index in [1.807, 2.05) is 6.92 Å². The molecule has 0 atom stereocenters. The molecule has 0 saturated heterocycles. The highest BCUT2D eigenvalue weighted by Crippen LogP contribution is 2.09.